The fourth-order valence-corrected chi connectivity index (χ4v) is 2.98. The Morgan fingerprint density at radius 3 is 2.72 bits per heavy atom. The van der Waals surface area contributed by atoms with E-state index in [-0.39, 0.29) is 24.0 Å². The van der Waals surface area contributed by atoms with Gasteiger partial charge >= 0.3 is 5.97 Å². The number of aliphatic carboxylic acids is 1. The monoisotopic (exact) mass is 346 g/mol. The molecule has 2 heterocycles. The zero-order valence-electron chi connectivity index (χ0n) is 13.9. The lowest BCUT2D eigenvalue weighted by atomic mass is 9.98. The highest BCUT2D eigenvalue weighted by atomic mass is 19.1. The summed E-state index contributed by atoms with van der Waals surface area (Å²) in [7, 11) is 0. The predicted octanol–water partition coefficient (Wildman–Crippen LogP) is 1.71. The molecule has 1 saturated heterocycles. The van der Waals surface area contributed by atoms with Crippen LogP contribution in [0.1, 0.15) is 34.6 Å². The summed E-state index contributed by atoms with van der Waals surface area (Å²) in [5.74, 6) is -2.02. The van der Waals surface area contributed by atoms with Crippen molar-refractivity contribution in [3.05, 3.63) is 47.0 Å². The molecule has 1 amide bonds. The van der Waals surface area contributed by atoms with Gasteiger partial charge in [0.2, 0.25) is 0 Å². The van der Waals surface area contributed by atoms with E-state index in [0.717, 1.165) is 5.56 Å². The number of hydrogen-bond donors (Lipinski definition) is 1. The quantitative estimate of drug-likeness (QED) is 0.910. The van der Waals surface area contributed by atoms with Crippen LogP contribution in [0.5, 0.6) is 0 Å². The Kier molecular flexibility index (Phi) is 4.78. The SMILES string of the molecule is Cc1c(C(=O)N2CCCC(C(=O)O)C2)nnn1Cc1ccc(F)cc1. The second kappa shape index (κ2) is 7.00. The number of carboxylic acid groups (broad SMARTS) is 1. The summed E-state index contributed by atoms with van der Waals surface area (Å²) < 4.78 is 14.6. The fraction of sp³-hybridized carbons (Fsp3) is 0.412. The van der Waals surface area contributed by atoms with Crippen LogP contribution in [0.4, 0.5) is 4.39 Å². The third-order valence-electron chi connectivity index (χ3n) is 4.49. The Hall–Kier alpha value is -2.77. The van der Waals surface area contributed by atoms with E-state index in [9.17, 15) is 14.0 Å². The summed E-state index contributed by atoms with van der Waals surface area (Å²) in [5, 5.41) is 17.1. The number of carboxylic acids is 1. The lowest BCUT2D eigenvalue weighted by Gasteiger charge is -2.30. The highest BCUT2D eigenvalue weighted by molar-refractivity contribution is 5.93. The Balaban J connectivity index is 1.74. The Morgan fingerprint density at radius 1 is 1.32 bits per heavy atom. The lowest BCUT2D eigenvalue weighted by molar-refractivity contribution is -0.143. The van der Waals surface area contributed by atoms with Crippen molar-refractivity contribution in [3.8, 4) is 0 Å². The molecular formula is C17H19FN4O3. The van der Waals surface area contributed by atoms with Gasteiger partial charge in [-0.15, -0.1) is 5.10 Å². The summed E-state index contributed by atoms with van der Waals surface area (Å²) >= 11 is 0. The molecule has 1 unspecified atom stereocenters. The minimum atomic E-state index is -0.880. The normalized spacial score (nSPS) is 17.5. The number of aromatic nitrogens is 3. The number of likely N-dealkylation sites (tertiary alicyclic amines) is 1. The molecule has 7 nitrogen and oxygen atoms in total. The van der Waals surface area contributed by atoms with Crippen LogP contribution in [0.3, 0.4) is 0 Å². The number of amides is 1. The number of halogens is 1. The zero-order chi connectivity index (χ0) is 18.0. The van der Waals surface area contributed by atoms with Crippen molar-refractivity contribution in [2.45, 2.75) is 26.3 Å². The molecule has 3 rings (SSSR count). The Bertz CT molecular complexity index is 788. The van der Waals surface area contributed by atoms with Gasteiger partial charge in [0.05, 0.1) is 18.2 Å². The van der Waals surface area contributed by atoms with Crippen LogP contribution >= 0.6 is 0 Å². The van der Waals surface area contributed by atoms with Gasteiger partial charge in [-0.25, -0.2) is 9.07 Å². The van der Waals surface area contributed by atoms with Gasteiger partial charge in [0.1, 0.15) is 5.82 Å². The van der Waals surface area contributed by atoms with Gasteiger partial charge in [0.15, 0.2) is 5.69 Å². The number of piperidine rings is 1. The van der Waals surface area contributed by atoms with Crippen LogP contribution in [0.25, 0.3) is 0 Å². The van der Waals surface area contributed by atoms with Crippen molar-refractivity contribution >= 4 is 11.9 Å². The molecule has 132 valence electrons. The van der Waals surface area contributed by atoms with Gasteiger partial charge in [-0.05, 0) is 37.5 Å². The van der Waals surface area contributed by atoms with Crippen molar-refractivity contribution in [2.75, 3.05) is 13.1 Å². The van der Waals surface area contributed by atoms with E-state index >= 15 is 0 Å². The van der Waals surface area contributed by atoms with E-state index < -0.39 is 11.9 Å². The van der Waals surface area contributed by atoms with Crippen LogP contribution in [-0.4, -0.2) is 50.0 Å². The molecule has 1 fully saturated rings. The molecule has 1 atom stereocenters. The predicted molar refractivity (Wildman–Crippen MR) is 86.5 cm³/mol. The van der Waals surface area contributed by atoms with Crippen molar-refractivity contribution in [1.82, 2.24) is 19.9 Å². The van der Waals surface area contributed by atoms with Crippen molar-refractivity contribution in [2.24, 2.45) is 5.92 Å². The molecule has 1 aliphatic heterocycles. The molecule has 0 saturated carbocycles. The smallest absolute Gasteiger partial charge is 0.308 e. The van der Waals surface area contributed by atoms with E-state index in [1.165, 1.54) is 17.0 Å². The maximum atomic E-state index is 13.0. The van der Waals surface area contributed by atoms with E-state index in [2.05, 4.69) is 10.3 Å². The van der Waals surface area contributed by atoms with Gasteiger partial charge in [-0.3, -0.25) is 9.59 Å². The number of carbonyl (C=O) groups is 2. The van der Waals surface area contributed by atoms with Crippen LogP contribution in [-0.2, 0) is 11.3 Å². The molecule has 1 aromatic carbocycles. The first-order chi connectivity index (χ1) is 12.0. The van der Waals surface area contributed by atoms with Crippen LogP contribution in [0.2, 0.25) is 0 Å². The summed E-state index contributed by atoms with van der Waals surface area (Å²) in [6.45, 7) is 2.84. The van der Waals surface area contributed by atoms with Crippen molar-refractivity contribution in [3.63, 3.8) is 0 Å². The molecule has 2 aromatic rings. The molecule has 0 bridgehead atoms. The molecule has 8 heteroatoms. The Labute approximate surface area is 144 Å². The minimum absolute atomic E-state index is 0.193. The number of nitrogens with zero attached hydrogens (tertiary/aromatic N) is 4. The van der Waals surface area contributed by atoms with E-state index in [1.807, 2.05) is 0 Å². The number of hydrogen-bond acceptors (Lipinski definition) is 4. The van der Waals surface area contributed by atoms with Gasteiger partial charge in [-0.1, -0.05) is 17.3 Å². The number of benzene rings is 1. The van der Waals surface area contributed by atoms with Crippen LogP contribution in [0.15, 0.2) is 24.3 Å². The van der Waals surface area contributed by atoms with E-state index in [1.54, 1.807) is 23.7 Å². The van der Waals surface area contributed by atoms with E-state index in [0.29, 0.717) is 31.6 Å². The fourth-order valence-electron chi connectivity index (χ4n) is 2.98. The summed E-state index contributed by atoms with van der Waals surface area (Å²) in [5.41, 5.74) is 1.68. The third kappa shape index (κ3) is 3.67. The maximum absolute atomic E-state index is 13.0. The Morgan fingerprint density at radius 2 is 2.04 bits per heavy atom. The van der Waals surface area contributed by atoms with E-state index in [4.69, 9.17) is 5.11 Å². The summed E-state index contributed by atoms with van der Waals surface area (Å²) in [4.78, 5) is 25.4. The van der Waals surface area contributed by atoms with Crippen molar-refractivity contribution in [1.29, 1.82) is 0 Å². The maximum Gasteiger partial charge on any atom is 0.308 e. The molecule has 25 heavy (non-hydrogen) atoms. The second-order valence-corrected chi connectivity index (χ2v) is 6.24. The molecule has 1 aromatic heterocycles. The number of rotatable bonds is 4. The molecule has 0 spiro atoms. The first-order valence-electron chi connectivity index (χ1n) is 8.12. The summed E-state index contributed by atoms with van der Waals surface area (Å²) in [6, 6.07) is 6.04. The van der Waals surface area contributed by atoms with Gasteiger partial charge in [0.25, 0.3) is 5.91 Å². The molecule has 1 N–H and O–H groups in total. The van der Waals surface area contributed by atoms with Gasteiger partial charge < -0.3 is 10.0 Å². The van der Waals surface area contributed by atoms with Crippen molar-refractivity contribution < 1.29 is 19.1 Å². The lowest BCUT2D eigenvalue weighted by Crippen LogP contribution is -2.42. The molecule has 0 radical (unpaired) electrons. The zero-order valence-corrected chi connectivity index (χ0v) is 13.9. The number of carbonyl (C=O) groups excluding carboxylic acids is 1. The van der Waals surface area contributed by atoms with Crippen LogP contribution in [0, 0.1) is 18.7 Å². The second-order valence-electron chi connectivity index (χ2n) is 6.24. The van der Waals surface area contributed by atoms with Gasteiger partial charge in [-0.2, -0.15) is 0 Å². The average Bonchev–Trinajstić information content (AvgIpc) is 2.97. The molecule has 0 aliphatic carbocycles. The minimum Gasteiger partial charge on any atom is -0.481 e. The highest BCUT2D eigenvalue weighted by Crippen LogP contribution is 2.19. The third-order valence-corrected chi connectivity index (χ3v) is 4.49. The largest absolute Gasteiger partial charge is 0.481 e. The summed E-state index contributed by atoms with van der Waals surface area (Å²) in [6.07, 6.45) is 1.24. The topological polar surface area (TPSA) is 88.3 Å². The average molecular weight is 346 g/mol. The first kappa shape index (κ1) is 17.1. The van der Waals surface area contributed by atoms with Crippen LogP contribution < -0.4 is 0 Å². The highest BCUT2D eigenvalue weighted by Gasteiger charge is 2.30. The first-order valence-corrected chi connectivity index (χ1v) is 8.12. The molecule has 1 aliphatic rings. The molecular weight excluding hydrogens is 327 g/mol. The van der Waals surface area contributed by atoms with Gasteiger partial charge in [0, 0.05) is 13.1 Å². The standard InChI is InChI=1S/C17H19FN4O3/c1-11-15(16(23)21-8-2-3-13(10-21)17(24)25)19-20-22(11)9-12-4-6-14(18)7-5-12/h4-7,13H,2-3,8-10H2,1H3,(H,24,25).